The topological polar surface area (TPSA) is 38.3 Å². The zero-order valence-electron chi connectivity index (χ0n) is 10.8. The molecule has 0 aromatic heterocycles. The zero-order valence-corrected chi connectivity index (χ0v) is 12.3. The predicted molar refractivity (Wildman–Crippen MR) is 80.6 cm³/mol. The molecule has 1 amide bonds. The van der Waals surface area contributed by atoms with Crippen molar-refractivity contribution in [3.63, 3.8) is 0 Å². The molecule has 0 heterocycles. The van der Waals surface area contributed by atoms with E-state index in [9.17, 15) is 4.79 Å². The van der Waals surface area contributed by atoms with Gasteiger partial charge in [-0.1, -0.05) is 41.4 Å². The van der Waals surface area contributed by atoms with Crippen LogP contribution in [0.4, 0.5) is 0 Å². The van der Waals surface area contributed by atoms with Crippen molar-refractivity contribution in [3.8, 4) is 5.75 Å². The first-order chi connectivity index (χ1) is 9.61. The molecular formula is C15H13Cl2NO2. The Morgan fingerprint density at radius 3 is 2.65 bits per heavy atom. The first-order valence-corrected chi connectivity index (χ1v) is 6.75. The van der Waals surface area contributed by atoms with Gasteiger partial charge < -0.3 is 10.1 Å². The molecule has 0 aliphatic rings. The van der Waals surface area contributed by atoms with E-state index >= 15 is 0 Å². The average Bonchev–Trinajstić information content (AvgIpc) is 2.46. The first kappa shape index (κ1) is 14.7. The Kier molecular flexibility index (Phi) is 4.88. The van der Waals surface area contributed by atoms with E-state index < -0.39 is 0 Å². The Morgan fingerprint density at radius 2 is 1.95 bits per heavy atom. The minimum absolute atomic E-state index is 0.192. The van der Waals surface area contributed by atoms with Gasteiger partial charge in [0.1, 0.15) is 12.4 Å². The van der Waals surface area contributed by atoms with Gasteiger partial charge in [-0.25, -0.2) is 0 Å². The summed E-state index contributed by atoms with van der Waals surface area (Å²) in [7, 11) is 1.58. The largest absolute Gasteiger partial charge is 0.488 e. The van der Waals surface area contributed by atoms with Gasteiger partial charge in [-0.15, -0.1) is 0 Å². The molecule has 0 aliphatic heterocycles. The molecule has 2 aromatic carbocycles. The second-order valence-corrected chi connectivity index (χ2v) is 4.94. The second kappa shape index (κ2) is 6.64. The van der Waals surface area contributed by atoms with Crippen LogP contribution in [0.5, 0.6) is 5.75 Å². The number of rotatable bonds is 4. The van der Waals surface area contributed by atoms with Gasteiger partial charge in [0.15, 0.2) is 0 Å². The Balaban J connectivity index is 2.17. The summed E-state index contributed by atoms with van der Waals surface area (Å²) in [6, 6.07) is 12.3. The summed E-state index contributed by atoms with van der Waals surface area (Å²) in [4.78, 5) is 11.7. The Labute approximate surface area is 127 Å². The number of hydrogen-bond acceptors (Lipinski definition) is 2. The summed E-state index contributed by atoms with van der Waals surface area (Å²) in [6.07, 6.45) is 0. The predicted octanol–water partition coefficient (Wildman–Crippen LogP) is 3.93. The zero-order chi connectivity index (χ0) is 14.5. The monoisotopic (exact) mass is 309 g/mol. The lowest BCUT2D eigenvalue weighted by Crippen LogP contribution is -2.18. The van der Waals surface area contributed by atoms with Crippen LogP contribution >= 0.6 is 23.2 Å². The van der Waals surface area contributed by atoms with Gasteiger partial charge >= 0.3 is 0 Å². The van der Waals surface area contributed by atoms with Crippen LogP contribution in [-0.4, -0.2) is 13.0 Å². The van der Waals surface area contributed by atoms with E-state index in [2.05, 4.69) is 5.32 Å². The number of ether oxygens (including phenoxy) is 1. The molecule has 1 N–H and O–H groups in total. The molecule has 0 unspecified atom stereocenters. The van der Waals surface area contributed by atoms with Crippen LogP contribution in [0.15, 0.2) is 42.5 Å². The molecule has 0 radical (unpaired) electrons. The Bertz CT molecular complexity index is 629. The van der Waals surface area contributed by atoms with Crippen LogP contribution in [0.1, 0.15) is 15.9 Å². The van der Waals surface area contributed by atoms with Gasteiger partial charge in [0, 0.05) is 22.7 Å². The highest BCUT2D eigenvalue weighted by Crippen LogP contribution is 2.24. The molecule has 104 valence electrons. The van der Waals surface area contributed by atoms with E-state index in [4.69, 9.17) is 27.9 Å². The fourth-order valence-electron chi connectivity index (χ4n) is 1.71. The molecule has 0 fully saturated rings. The van der Waals surface area contributed by atoms with Gasteiger partial charge in [-0.2, -0.15) is 0 Å². The van der Waals surface area contributed by atoms with Gasteiger partial charge in [0.05, 0.1) is 5.56 Å². The van der Waals surface area contributed by atoms with Crippen molar-refractivity contribution in [1.29, 1.82) is 0 Å². The maximum Gasteiger partial charge on any atom is 0.254 e. The van der Waals surface area contributed by atoms with Crippen molar-refractivity contribution in [1.82, 2.24) is 5.32 Å². The summed E-state index contributed by atoms with van der Waals surface area (Å²) in [5.74, 6) is 0.320. The molecule has 0 bridgehead atoms. The van der Waals surface area contributed by atoms with Crippen molar-refractivity contribution >= 4 is 29.1 Å². The van der Waals surface area contributed by atoms with E-state index in [1.54, 1.807) is 43.4 Å². The molecule has 0 aliphatic carbocycles. The van der Waals surface area contributed by atoms with E-state index in [-0.39, 0.29) is 12.5 Å². The van der Waals surface area contributed by atoms with Crippen LogP contribution in [0, 0.1) is 0 Å². The normalized spacial score (nSPS) is 10.2. The SMILES string of the molecule is CNC(=O)c1ccccc1OCc1ccc(Cl)cc1Cl. The average molecular weight is 310 g/mol. The molecule has 2 rings (SSSR count). The summed E-state index contributed by atoms with van der Waals surface area (Å²) >= 11 is 11.9. The molecule has 0 saturated heterocycles. The number of benzene rings is 2. The third kappa shape index (κ3) is 3.44. The number of nitrogens with one attached hydrogen (secondary N) is 1. The summed E-state index contributed by atoms with van der Waals surface area (Å²) in [6.45, 7) is 0.268. The van der Waals surface area contributed by atoms with Gasteiger partial charge in [-0.05, 0) is 24.3 Å². The van der Waals surface area contributed by atoms with Crippen molar-refractivity contribution in [2.24, 2.45) is 0 Å². The highest BCUT2D eigenvalue weighted by molar-refractivity contribution is 6.35. The van der Waals surface area contributed by atoms with Crippen LogP contribution in [0.3, 0.4) is 0 Å². The quantitative estimate of drug-likeness (QED) is 0.929. The maximum atomic E-state index is 11.7. The fourth-order valence-corrected chi connectivity index (χ4v) is 2.17. The summed E-state index contributed by atoms with van der Waals surface area (Å²) in [5, 5.41) is 3.69. The highest BCUT2D eigenvalue weighted by atomic mass is 35.5. The maximum absolute atomic E-state index is 11.7. The highest BCUT2D eigenvalue weighted by Gasteiger charge is 2.11. The lowest BCUT2D eigenvalue weighted by molar-refractivity contribution is 0.0958. The number of hydrogen-bond donors (Lipinski definition) is 1. The third-order valence-electron chi connectivity index (χ3n) is 2.76. The van der Waals surface area contributed by atoms with E-state index in [1.165, 1.54) is 0 Å². The molecule has 0 spiro atoms. The Hall–Kier alpha value is -1.71. The first-order valence-electron chi connectivity index (χ1n) is 5.99. The number of halogens is 2. The van der Waals surface area contributed by atoms with Gasteiger partial charge in [0.2, 0.25) is 0 Å². The smallest absolute Gasteiger partial charge is 0.254 e. The van der Waals surface area contributed by atoms with Crippen LogP contribution < -0.4 is 10.1 Å². The second-order valence-electron chi connectivity index (χ2n) is 4.10. The minimum atomic E-state index is -0.192. The van der Waals surface area contributed by atoms with Crippen LogP contribution in [-0.2, 0) is 6.61 Å². The fraction of sp³-hybridized carbons (Fsp3) is 0.133. The molecule has 5 heteroatoms. The summed E-state index contributed by atoms with van der Waals surface area (Å²) in [5.41, 5.74) is 1.29. The minimum Gasteiger partial charge on any atom is -0.488 e. The van der Waals surface area contributed by atoms with Gasteiger partial charge in [-0.3, -0.25) is 4.79 Å². The van der Waals surface area contributed by atoms with Crippen LogP contribution in [0.25, 0.3) is 0 Å². The lowest BCUT2D eigenvalue weighted by Gasteiger charge is -2.11. The van der Waals surface area contributed by atoms with Crippen molar-refractivity contribution < 1.29 is 9.53 Å². The standard InChI is InChI=1S/C15H13Cl2NO2/c1-18-15(19)12-4-2-3-5-14(12)20-9-10-6-7-11(16)8-13(10)17/h2-8H,9H2,1H3,(H,18,19). The molecular weight excluding hydrogens is 297 g/mol. The molecule has 0 atom stereocenters. The van der Waals surface area contributed by atoms with Gasteiger partial charge in [0.25, 0.3) is 5.91 Å². The number of para-hydroxylation sites is 1. The molecule has 2 aromatic rings. The lowest BCUT2D eigenvalue weighted by atomic mass is 10.2. The third-order valence-corrected chi connectivity index (χ3v) is 3.34. The van der Waals surface area contributed by atoms with Crippen LogP contribution in [0.2, 0.25) is 10.0 Å². The number of amides is 1. The summed E-state index contributed by atoms with van der Waals surface area (Å²) < 4.78 is 5.68. The van der Waals surface area contributed by atoms with E-state index in [0.717, 1.165) is 5.56 Å². The number of carbonyl (C=O) groups is 1. The molecule has 0 saturated carbocycles. The molecule has 20 heavy (non-hydrogen) atoms. The number of carbonyl (C=O) groups excluding carboxylic acids is 1. The molecule has 3 nitrogen and oxygen atoms in total. The van der Waals surface area contributed by atoms with Crippen molar-refractivity contribution in [2.75, 3.05) is 7.05 Å². The van der Waals surface area contributed by atoms with E-state index in [0.29, 0.717) is 21.4 Å². The van der Waals surface area contributed by atoms with E-state index in [1.807, 2.05) is 6.07 Å². The Morgan fingerprint density at radius 1 is 1.20 bits per heavy atom. The van der Waals surface area contributed by atoms with Crippen molar-refractivity contribution in [3.05, 3.63) is 63.6 Å². The van der Waals surface area contributed by atoms with Crippen molar-refractivity contribution in [2.45, 2.75) is 6.61 Å².